The van der Waals surface area contributed by atoms with Gasteiger partial charge in [0, 0.05) is 68.0 Å². The van der Waals surface area contributed by atoms with Gasteiger partial charge >= 0.3 is 0 Å². The molecule has 0 aliphatic carbocycles. The van der Waals surface area contributed by atoms with Gasteiger partial charge in [-0.3, -0.25) is 19.1 Å². The molecule has 3 aromatic rings. The van der Waals surface area contributed by atoms with Crippen molar-refractivity contribution in [2.45, 2.75) is 38.7 Å². The van der Waals surface area contributed by atoms with Crippen molar-refractivity contribution >= 4 is 34.5 Å². The number of ether oxygens (including phenoxy) is 4. The molecular weight excluding hydrogens is 588 g/mol. The van der Waals surface area contributed by atoms with Crippen molar-refractivity contribution in [1.82, 2.24) is 24.3 Å². The number of halogens is 1. The minimum atomic E-state index is -0.634. The lowest BCUT2D eigenvalue weighted by atomic mass is 10.0. The lowest BCUT2D eigenvalue weighted by Crippen LogP contribution is -2.48. The number of aromatic nitrogens is 3. The fourth-order valence-electron chi connectivity index (χ4n) is 5.52. The molecule has 0 radical (unpaired) electrons. The van der Waals surface area contributed by atoms with Crippen LogP contribution in [0.15, 0.2) is 41.8 Å². The summed E-state index contributed by atoms with van der Waals surface area (Å²) >= 11 is 6.71. The highest BCUT2D eigenvalue weighted by molar-refractivity contribution is 6.35. The first kappa shape index (κ1) is 31.7. The number of fused-ring (bicyclic) bond motifs is 1. The Bertz CT molecular complexity index is 1590. The van der Waals surface area contributed by atoms with Gasteiger partial charge in [0.1, 0.15) is 23.3 Å². The van der Waals surface area contributed by atoms with Crippen LogP contribution in [0.5, 0.6) is 11.5 Å². The van der Waals surface area contributed by atoms with E-state index in [-0.39, 0.29) is 17.6 Å². The monoisotopic (exact) mass is 626 g/mol. The van der Waals surface area contributed by atoms with Crippen molar-refractivity contribution in [3.05, 3.63) is 52.4 Å². The zero-order chi connectivity index (χ0) is 31.4. The summed E-state index contributed by atoms with van der Waals surface area (Å²) < 4.78 is 24.1. The minimum Gasteiger partial charge on any atom is -0.497 e. The Hall–Kier alpha value is -3.71. The van der Waals surface area contributed by atoms with Crippen LogP contribution in [0.25, 0.3) is 22.2 Å². The molecule has 2 aromatic heterocycles. The van der Waals surface area contributed by atoms with Gasteiger partial charge in [0.2, 0.25) is 11.9 Å². The maximum atomic E-state index is 14.2. The summed E-state index contributed by atoms with van der Waals surface area (Å²) in [7, 11) is 3.06. The molecule has 0 spiro atoms. The number of methoxy groups -OCH3 is 2. The largest absolute Gasteiger partial charge is 0.497 e. The summed E-state index contributed by atoms with van der Waals surface area (Å²) in [6, 6.07) is 5.16. The van der Waals surface area contributed by atoms with Crippen LogP contribution in [0.4, 0.5) is 5.95 Å². The van der Waals surface area contributed by atoms with E-state index >= 15 is 0 Å². The number of carbonyl (C=O) groups excluding carboxylic acids is 1. The van der Waals surface area contributed by atoms with Gasteiger partial charge in [-0.15, -0.1) is 0 Å². The second-order valence-corrected chi connectivity index (χ2v) is 11.6. The van der Waals surface area contributed by atoms with Gasteiger partial charge in [-0.25, -0.2) is 4.98 Å². The number of carbonyl (C=O) groups is 1. The maximum absolute atomic E-state index is 14.2. The molecule has 1 unspecified atom stereocenters. The maximum Gasteiger partial charge on any atom is 0.260 e. The minimum absolute atomic E-state index is 0.0489. The first-order valence-corrected chi connectivity index (χ1v) is 15.0. The highest BCUT2D eigenvalue weighted by Crippen LogP contribution is 2.38. The zero-order valence-corrected chi connectivity index (χ0v) is 26.4. The second kappa shape index (κ2) is 13.5. The summed E-state index contributed by atoms with van der Waals surface area (Å²) in [4.78, 5) is 39.5. The number of hydrogen-bond acceptors (Lipinski definition) is 10. The zero-order valence-electron chi connectivity index (χ0n) is 25.6. The molecule has 2 aliphatic heterocycles. The van der Waals surface area contributed by atoms with Crippen LogP contribution in [0.3, 0.4) is 0 Å². The molecule has 5 rings (SSSR count). The summed E-state index contributed by atoms with van der Waals surface area (Å²) in [5.41, 5.74) is 1.15. The number of aryl methyl sites for hydroxylation is 1. The van der Waals surface area contributed by atoms with Crippen molar-refractivity contribution < 1.29 is 23.7 Å². The molecule has 2 aliphatic rings. The molecule has 2 fully saturated rings. The molecule has 1 amide bonds. The Morgan fingerprint density at radius 1 is 1.16 bits per heavy atom. The van der Waals surface area contributed by atoms with E-state index in [9.17, 15) is 9.59 Å². The number of piperazine rings is 1. The Balaban J connectivity index is 1.44. The van der Waals surface area contributed by atoms with Crippen LogP contribution in [0, 0.1) is 0 Å². The van der Waals surface area contributed by atoms with E-state index in [0.29, 0.717) is 83.8 Å². The van der Waals surface area contributed by atoms with E-state index in [2.05, 4.69) is 21.8 Å². The van der Waals surface area contributed by atoms with E-state index < -0.39 is 5.79 Å². The molecule has 0 saturated carbocycles. The van der Waals surface area contributed by atoms with Crippen LogP contribution >= 0.6 is 11.6 Å². The van der Waals surface area contributed by atoms with E-state index in [1.165, 1.54) is 13.2 Å². The SMILES string of the molecule is C=CC(=O)N1CCN(CCCn2c(=O)c(-c3cc(OC)cc(OC)c3Cl)cc3cnc(NCC4COC(C)(C)O4)nc32)CC1. The van der Waals surface area contributed by atoms with Crippen LogP contribution in [-0.2, 0) is 20.8 Å². The number of benzene rings is 1. The molecule has 0 bridgehead atoms. The fraction of sp³-hybridized carbons (Fsp3) is 0.484. The van der Waals surface area contributed by atoms with Gasteiger partial charge < -0.3 is 29.2 Å². The van der Waals surface area contributed by atoms with Gasteiger partial charge in [-0.05, 0) is 45.0 Å². The molecule has 13 heteroatoms. The lowest BCUT2D eigenvalue weighted by Gasteiger charge is -2.34. The van der Waals surface area contributed by atoms with Crippen molar-refractivity contribution in [1.29, 1.82) is 0 Å². The van der Waals surface area contributed by atoms with E-state index in [1.54, 1.807) is 41.0 Å². The average Bonchev–Trinajstić information content (AvgIpc) is 3.39. The second-order valence-electron chi connectivity index (χ2n) is 11.2. The van der Waals surface area contributed by atoms with Crippen LogP contribution < -0.4 is 20.3 Å². The number of amides is 1. The summed E-state index contributed by atoms with van der Waals surface area (Å²) in [6.45, 7) is 12.2. The molecular formula is C31H39ClN6O6. The van der Waals surface area contributed by atoms with E-state index in [0.717, 1.165) is 19.6 Å². The smallest absolute Gasteiger partial charge is 0.260 e. The highest BCUT2D eigenvalue weighted by Gasteiger charge is 2.32. The van der Waals surface area contributed by atoms with Crippen molar-refractivity contribution in [3.8, 4) is 22.6 Å². The molecule has 4 heterocycles. The standard InChI is InChI=1S/C31H39ClN6O6/c1-6-26(39)37-12-10-36(11-13-37)8-7-9-38-28-20(17-33-30(35-28)34-18-22-19-43-31(2,3)44-22)14-24(29(38)40)23-15-21(41-4)16-25(42-5)27(23)32/h6,14-17,22H,1,7-13,18-19H2,2-5H3,(H,33,34,35). The fourth-order valence-corrected chi connectivity index (χ4v) is 5.81. The third-order valence-electron chi connectivity index (χ3n) is 7.86. The van der Waals surface area contributed by atoms with Crippen molar-refractivity contribution in [2.24, 2.45) is 0 Å². The highest BCUT2D eigenvalue weighted by atomic mass is 35.5. The van der Waals surface area contributed by atoms with Crippen LogP contribution in [-0.4, -0.2) is 102 Å². The van der Waals surface area contributed by atoms with Gasteiger partial charge in [0.15, 0.2) is 5.79 Å². The predicted molar refractivity (Wildman–Crippen MR) is 169 cm³/mol. The summed E-state index contributed by atoms with van der Waals surface area (Å²) in [6.07, 6.45) is 3.59. The Morgan fingerprint density at radius 3 is 2.59 bits per heavy atom. The number of hydrogen-bond donors (Lipinski definition) is 1. The van der Waals surface area contributed by atoms with Crippen LogP contribution in [0.2, 0.25) is 5.02 Å². The first-order chi connectivity index (χ1) is 21.1. The topological polar surface area (TPSA) is 120 Å². The van der Waals surface area contributed by atoms with Crippen molar-refractivity contribution in [3.63, 3.8) is 0 Å². The Kier molecular flexibility index (Phi) is 9.74. The number of nitrogens with one attached hydrogen (secondary N) is 1. The molecule has 44 heavy (non-hydrogen) atoms. The number of nitrogens with zero attached hydrogens (tertiary/aromatic N) is 5. The molecule has 236 valence electrons. The predicted octanol–water partition coefficient (Wildman–Crippen LogP) is 3.41. The van der Waals surface area contributed by atoms with E-state index in [1.807, 2.05) is 13.8 Å². The first-order valence-electron chi connectivity index (χ1n) is 14.6. The quantitative estimate of drug-likeness (QED) is 0.317. The van der Waals surface area contributed by atoms with Crippen molar-refractivity contribution in [2.75, 3.05) is 65.4 Å². The average molecular weight is 627 g/mol. The third kappa shape index (κ3) is 6.99. The van der Waals surface area contributed by atoms with Gasteiger partial charge in [-0.1, -0.05) is 18.2 Å². The number of anilines is 1. The van der Waals surface area contributed by atoms with Gasteiger partial charge in [-0.2, -0.15) is 4.98 Å². The van der Waals surface area contributed by atoms with Gasteiger partial charge in [0.25, 0.3) is 5.56 Å². The molecule has 12 nitrogen and oxygen atoms in total. The Labute approximate surface area is 261 Å². The number of pyridine rings is 1. The molecule has 2 saturated heterocycles. The third-order valence-corrected chi connectivity index (χ3v) is 8.25. The lowest BCUT2D eigenvalue weighted by molar-refractivity contribution is -0.136. The van der Waals surface area contributed by atoms with Gasteiger partial charge in [0.05, 0.1) is 25.8 Å². The Morgan fingerprint density at radius 2 is 1.93 bits per heavy atom. The van der Waals surface area contributed by atoms with E-state index in [4.69, 9.17) is 35.5 Å². The molecule has 1 atom stereocenters. The number of rotatable bonds is 11. The van der Waals surface area contributed by atoms with Crippen LogP contribution in [0.1, 0.15) is 20.3 Å². The summed E-state index contributed by atoms with van der Waals surface area (Å²) in [5, 5.41) is 4.22. The molecule has 1 N–H and O–H groups in total. The molecule has 1 aromatic carbocycles. The normalized spacial score (nSPS) is 18.4. The summed E-state index contributed by atoms with van der Waals surface area (Å²) in [5.74, 6) is 0.616.